The highest BCUT2D eigenvalue weighted by atomic mass is 79.9. The van der Waals surface area contributed by atoms with Gasteiger partial charge in [0.15, 0.2) is 5.76 Å². The maximum absolute atomic E-state index is 13.1. The van der Waals surface area contributed by atoms with Crippen LogP contribution in [-0.4, -0.2) is 18.9 Å². The van der Waals surface area contributed by atoms with E-state index in [1.807, 2.05) is 24.3 Å². The Hall–Kier alpha value is -2.57. The van der Waals surface area contributed by atoms with E-state index in [4.69, 9.17) is 9.15 Å². The number of carbonyl (C=O) groups is 1. The lowest BCUT2D eigenvalue weighted by molar-refractivity contribution is -0.914. The second kappa shape index (κ2) is 8.89. The number of nitrogens with one attached hydrogen (secondary N) is 1. The first-order valence-electron chi connectivity index (χ1n) is 10.7. The van der Waals surface area contributed by atoms with Gasteiger partial charge in [-0.15, -0.1) is 0 Å². The lowest BCUT2D eigenvalue weighted by Gasteiger charge is -2.23. The molecular weight excluding hydrogens is 458 g/mol. The van der Waals surface area contributed by atoms with Crippen molar-refractivity contribution in [2.45, 2.75) is 40.2 Å². The zero-order valence-corrected chi connectivity index (χ0v) is 19.6. The molecule has 0 aliphatic carbocycles. The molecule has 0 radical (unpaired) electrons. The van der Waals surface area contributed by atoms with Gasteiger partial charge in [0.25, 0.3) is 0 Å². The Morgan fingerprint density at radius 3 is 2.58 bits per heavy atom. The fraction of sp³-hybridized carbons (Fsp3) is 0.320. The number of ether oxygens (including phenoxy) is 1. The van der Waals surface area contributed by atoms with Crippen LogP contribution in [0.1, 0.15) is 53.9 Å². The van der Waals surface area contributed by atoms with Crippen LogP contribution in [0.5, 0.6) is 11.5 Å². The Kier molecular flexibility index (Phi) is 6.21. The molecule has 6 heteroatoms. The van der Waals surface area contributed by atoms with Crippen LogP contribution in [0, 0.1) is 6.92 Å². The molecule has 3 aromatic rings. The summed E-state index contributed by atoms with van der Waals surface area (Å²) >= 11 is 3.46. The average Bonchev–Trinajstić information content (AvgIpc) is 3.26. The van der Waals surface area contributed by atoms with E-state index in [0.717, 1.165) is 41.4 Å². The van der Waals surface area contributed by atoms with Gasteiger partial charge in [0.05, 0.1) is 18.7 Å². The summed E-state index contributed by atoms with van der Waals surface area (Å²) in [5.41, 5.74) is 2.46. The maximum atomic E-state index is 13.1. The topological polar surface area (TPSA) is 66.9 Å². The molecule has 0 amide bonds. The SMILES string of the molecule is CCC[NH+](CCC)Cc1c([O-])cc(C)c2c1O/C(=C/c1cc3cc(Br)ccc3o1)C2=O. The van der Waals surface area contributed by atoms with Crippen LogP contribution in [0.3, 0.4) is 0 Å². The van der Waals surface area contributed by atoms with Crippen LogP contribution >= 0.6 is 15.9 Å². The average molecular weight is 484 g/mol. The molecule has 4 rings (SSSR count). The molecule has 0 fully saturated rings. The van der Waals surface area contributed by atoms with E-state index < -0.39 is 0 Å². The highest BCUT2D eigenvalue weighted by molar-refractivity contribution is 9.10. The minimum atomic E-state index is -0.206. The summed E-state index contributed by atoms with van der Waals surface area (Å²) in [5, 5.41) is 13.7. The number of aryl methyl sites for hydroxylation is 1. The predicted octanol–water partition coefficient (Wildman–Crippen LogP) is 4.40. The highest BCUT2D eigenvalue weighted by Crippen LogP contribution is 2.40. The Labute approximate surface area is 190 Å². The van der Waals surface area contributed by atoms with Crippen molar-refractivity contribution >= 4 is 38.8 Å². The number of allylic oxidation sites excluding steroid dienone is 1. The maximum Gasteiger partial charge on any atom is 0.232 e. The molecule has 1 aliphatic heterocycles. The molecule has 2 heterocycles. The minimum Gasteiger partial charge on any atom is -0.872 e. The van der Waals surface area contributed by atoms with Gasteiger partial charge in [-0.2, -0.15) is 0 Å². The molecule has 2 aromatic carbocycles. The van der Waals surface area contributed by atoms with E-state index in [9.17, 15) is 9.90 Å². The summed E-state index contributed by atoms with van der Waals surface area (Å²) in [5.74, 6) is 0.877. The summed E-state index contributed by atoms with van der Waals surface area (Å²) in [6, 6.07) is 9.17. The molecule has 0 saturated heterocycles. The number of rotatable bonds is 7. The van der Waals surface area contributed by atoms with Crippen molar-refractivity contribution in [2.24, 2.45) is 0 Å². The standard InChI is InChI=1S/C25H26BrNO4/c1-4-8-27(9-5-2)14-19-20(28)10-15(3)23-24(29)22(31-25(19)23)13-18-12-16-11-17(26)6-7-21(16)30-18/h6-7,10-13,28H,4-5,8-9,14H2,1-3H3/b22-13+. The van der Waals surface area contributed by atoms with Crippen molar-refractivity contribution < 1.29 is 24.0 Å². The monoisotopic (exact) mass is 483 g/mol. The van der Waals surface area contributed by atoms with Gasteiger partial charge in [0.2, 0.25) is 5.78 Å². The molecule has 1 aliphatic rings. The summed E-state index contributed by atoms with van der Waals surface area (Å²) in [6.45, 7) is 8.57. The quantitative estimate of drug-likeness (QED) is 0.505. The van der Waals surface area contributed by atoms with Crippen LogP contribution in [0.15, 0.2) is 45.0 Å². The van der Waals surface area contributed by atoms with Crippen molar-refractivity contribution in [3.05, 3.63) is 63.0 Å². The Balaban J connectivity index is 1.71. The summed E-state index contributed by atoms with van der Waals surface area (Å²) < 4.78 is 12.8. The number of ketones is 1. The fourth-order valence-corrected chi connectivity index (χ4v) is 4.61. The van der Waals surface area contributed by atoms with Crippen molar-refractivity contribution in [2.75, 3.05) is 13.1 Å². The predicted molar refractivity (Wildman–Crippen MR) is 122 cm³/mol. The second-order valence-corrected chi connectivity index (χ2v) is 8.99. The van der Waals surface area contributed by atoms with Crippen LogP contribution in [0.2, 0.25) is 0 Å². The molecule has 0 bridgehead atoms. The van der Waals surface area contributed by atoms with Gasteiger partial charge in [0.1, 0.15) is 23.6 Å². The van der Waals surface area contributed by atoms with Crippen LogP contribution in [0.25, 0.3) is 17.0 Å². The summed E-state index contributed by atoms with van der Waals surface area (Å²) in [6.07, 6.45) is 3.68. The van der Waals surface area contributed by atoms with Crippen molar-refractivity contribution in [3.8, 4) is 11.5 Å². The third-order valence-corrected chi connectivity index (χ3v) is 6.10. The van der Waals surface area contributed by atoms with Gasteiger partial charge in [-0.1, -0.05) is 41.6 Å². The van der Waals surface area contributed by atoms with Gasteiger partial charge in [0, 0.05) is 21.5 Å². The molecule has 1 aromatic heterocycles. The van der Waals surface area contributed by atoms with E-state index in [-0.39, 0.29) is 17.3 Å². The Morgan fingerprint density at radius 2 is 1.87 bits per heavy atom. The van der Waals surface area contributed by atoms with Crippen LogP contribution < -0.4 is 14.7 Å². The first-order chi connectivity index (χ1) is 14.9. The van der Waals surface area contributed by atoms with Crippen molar-refractivity contribution in [1.29, 1.82) is 0 Å². The van der Waals surface area contributed by atoms with Gasteiger partial charge < -0.3 is 19.2 Å². The van der Waals surface area contributed by atoms with Crippen molar-refractivity contribution in [1.82, 2.24) is 0 Å². The Morgan fingerprint density at radius 1 is 1.13 bits per heavy atom. The van der Waals surface area contributed by atoms with E-state index in [0.29, 0.717) is 34.7 Å². The smallest absolute Gasteiger partial charge is 0.232 e. The third kappa shape index (κ3) is 4.27. The van der Waals surface area contributed by atoms with Crippen LogP contribution in [0.4, 0.5) is 0 Å². The number of halogens is 1. The first kappa shape index (κ1) is 21.7. The molecular formula is C25H26BrNO4. The number of fused-ring (bicyclic) bond motifs is 2. The van der Waals surface area contributed by atoms with E-state index in [1.165, 1.54) is 4.90 Å². The van der Waals surface area contributed by atoms with Gasteiger partial charge in [-0.25, -0.2) is 0 Å². The highest BCUT2D eigenvalue weighted by Gasteiger charge is 2.33. The fourth-order valence-electron chi connectivity index (χ4n) is 4.23. The summed E-state index contributed by atoms with van der Waals surface area (Å²) in [7, 11) is 0. The van der Waals surface area contributed by atoms with Crippen LogP contribution in [-0.2, 0) is 6.54 Å². The normalized spacial score (nSPS) is 14.6. The molecule has 5 nitrogen and oxygen atoms in total. The van der Waals surface area contributed by atoms with E-state index in [1.54, 1.807) is 19.1 Å². The number of furan rings is 1. The lowest BCUT2D eigenvalue weighted by Crippen LogP contribution is -3.10. The minimum absolute atomic E-state index is 0.0661. The molecule has 162 valence electrons. The van der Waals surface area contributed by atoms with Gasteiger partial charge >= 0.3 is 0 Å². The first-order valence-corrected chi connectivity index (χ1v) is 11.5. The zero-order valence-electron chi connectivity index (χ0n) is 18.0. The lowest BCUT2D eigenvalue weighted by atomic mass is 9.99. The molecule has 1 N–H and O–H groups in total. The summed E-state index contributed by atoms with van der Waals surface area (Å²) in [4.78, 5) is 14.5. The number of hydrogen-bond acceptors (Lipinski definition) is 4. The molecule has 0 spiro atoms. The largest absolute Gasteiger partial charge is 0.872 e. The number of quaternary nitrogens is 1. The Bertz CT molecular complexity index is 1170. The number of hydrogen-bond donors (Lipinski definition) is 1. The number of carbonyl (C=O) groups excluding carboxylic acids is 1. The molecule has 0 atom stereocenters. The third-order valence-electron chi connectivity index (χ3n) is 5.61. The van der Waals surface area contributed by atoms with E-state index >= 15 is 0 Å². The number of benzene rings is 2. The molecule has 0 saturated carbocycles. The van der Waals surface area contributed by atoms with Crippen molar-refractivity contribution in [3.63, 3.8) is 0 Å². The van der Waals surface area contributed by atoms with Gasteiger partial charge in [-0.05, 0) is 49.6 Å². The van der Waals surface area contributed by atoms with Gasteiger partial charge in [-0.3, -0.25) is 4.79 Å². The molecule has 0 unspecified atom stereocenters. The van der Waals surface area contributed by atoms with E-state index in [2.05, 4.69) is 29.8 Å². The number of Topliss-reactive ketones (excluding diaryl/α,β-unsaturated/α-hetero) is 1. The second-order valence-electron chi connectivity index (χ2n) is 8.07. The zero-order chi connectivity index (χ0) is 22.1. The molecule has 31 heavy (non-hydrogen) atoms.